The first-order valence-electron chi connectivity index (χ1n) is 3.93. The summed E-state index contributed by atoms with van der Waals surface area (Å²) in [5.41, 5.74) is 0. The number of aldehydes is 1. The number of carbonyl (C=O) groups is 1. The molecular formula is C7H15O4P. The highest BCUT2D eigenvalue weighted by atomic mass is 31.2. The van der Waals surface area contributed by atoms with Crippen molar-refractivity contribution >= 4 is 13.9 Å². The zero-order chi connectivity index (χ0) is 9.45. The summed E-state index contributed by atoms with van der Waals surface area (Å²) in [6, 6.07) is 0. The fourth-order valence-electron chi connectivity index (χ4n) is 0.807. The molecule has 0 aliphatic rings. The molecule has 0 fully saturated rings. The van der Waals surface area contributed by atoms with Crippen molar-refractivity contribution in [1.82, 2.24) is 0 Å². The first-order chi connectivity index (χ1) is 5.62. The van der Waals surface area contributed by atoms with Gasteiger partial charge >= 0.3 is 7.60 Å². The summed E-state index contributed by atoms with van der Waals surface area (Å²) in [5.74, 6) is 0. The normalized spacial score (nSPS) is 15.5. The molecule has 0 rings (SSSR count). The molecule has 0 amide bonds. The molecule has 72 valence electrons. The maximum Gasteiger partial charge on any atom is 0.327 e. The average Bonchev–Trinajstić information content (AvgIpc) is 2.04. The lowest BCUT2D eigenvalue weighted by molar-refractivity contribution is -0.107. The number of hydrogen-bond donors (Lipinski definition) is 1. The largest absolute Gasteiger partial charge is 0.327 e. The zero-order valence-corrected chi connectivity index (χ0v) is 8.13. The van der Waals surface area contributed by atoms with Crippen LogP contribution >= 0.6 is 7.60 Å². The second-order valence-corrected chi connectivity index (χ2v) is 4.65. The van der Waals surface area contributed by atoms with E-state index in [1.165, 1.54) is 7.11 Å². The molecular weight excluding hydrogens is 179 g/mol. The Bertz CT molecular complexity index is 169. The van der Waals surface area contributed by atoms with E-state index in [0.29, 0.717) is 12.8 Å². The van der Waals surface area contributed by atoms with Crippen LogP contribution in [0.4, 0.5) is 0 Å². The Morgan fingerprint density at radius 2 is 2.08 bits per heavy atom. The quantitative estimate of drug-likeness (QED) is 0.379. The molecule has 0 aliphatic carbocycles. The van der Waals surface area contributed by atoms with Crippen LogP contribution in [0.15, 0.2) is 0 Å². The van der Waals surface area contributed by atoms with E-state index < -0.39 is 7.60 Å². The average molecular weight is 194 g/mol. The summed E-state index contributed by atoms with van der Waals surface area (Å²) in [5, 5.41) is 0. The lowest BCUT2D eigenvalue weighted by Gasteiger charge is -2.06. The SMILES string of the molecule is COP(=O)(O)CCCCCC=O. The van der Waals surface area contributed by atoms with Gasteiger partial charge in [0.25, 0.3) is 0 Å². The highest BCUT2D eigenvalue weighted by Crippen LogP contribution is 2.41. The van der Waals surface area contributed by atoms with Gasteiger partial charge in [0.2, 0.25) is 0 Å². The fourth-order valence-corrected chi connectivity index (χ4v) is 1.61. The van der Waals surface area contributed by atoms with Crippen LogP contribution in [-0.2, 0) is 13.9 Å². The molecule has 1 unspecified atom stereocenters. The molecule has 1 atom stereocenters. The molecule has 4 nitrogen and oxygen atoms in total. The molecule has 0 aromatic heterocycles. The van der Waals surface area contributed by atoms with E-state index in [2.05, 4.69) is 4.52 Å². The van der Waals surface area contributed by atoms with Gasteiger partial charge < -0.3 is 14.2 Å². The highest BCUT2D eigenvalue weighted by molar-refractivity contribution is 7.52. The van der Waals surface area contributed by atoms with Crippen molar-refractivity contribution in [1.29, 1.82) is 0 Å². The van der Waals surface area contributed by atoms with E-state index in [0.717, 1.165) is 19.1 Å². The standard InChI is InChI=1S/C7H15O4P/c1-11-12(9,10)7-5-3-2-4-6-8/h6H,2-5,7H2,1H3,(H,9,10). The van der Waals surface area contributed by atoms with Crippen LogP contribution in [0.5, 0.6) is 0 Å². The van der Waals surface area contributed by atoms with Crippen molar-refractivity contribution in [3.63, 3.8) is 0 Å². The maximum absolute atomic E-state index is 10.9. The summed E-state index contributed by atoms with van der Waals surface area (Å²) < 4.78 is 15.3. The third kappa shape index (κ3) is 6.53. The van der Waals surface area contributed by atoms with Gasteiger partial charge in [-0.3, -0.25) is 4.57 Å². The van der Waals surface area contributed by atoms with E-state index in [4.69, 9.17) is 4.89 Å². The third-order valence-electron chi connectivity index (χ3n) is 1.55. The monoisotopic (exact) mass is 194 g/mol. The first kappa shape index (κ1) is 11.8. The Morgan fingerprint density at radius 1 is 1.42 bits per heavy atom. The van der Waals surface area contributed by atoms with Crippen LogP contribution < -0.4 is 0 Å². The molecule has 0 aromatic carbocycles. The van der Waals surface area contributed by atoms with Crippen molar-refractivity contribution in [2.45, 2.75) is 25.7 Å². The minimum Gasteiger partial charge on any atom is -0.324 e. The van der Waals surface area contributed by atoms with Crippen LogP contribution in [0.1, 0.15) is 25.7 Å². The van der Waals surface area contributed by atoms with Crippen molar-refractivity contribution < 1.29 is 18.8 Å². The molecule has 1 N–H and O–H groups in total. The van der Waals surface area contributed by atoms with E-state index in [9.17, 15) is 9.36 Å². The van der Waals surface area contributed by atoms with Crippen LogP contribution in [0.25, 0.3) is 0 Å². The van der Waals surface area contributed by atoms with E-state index in [1.807, 2.05) is 0 Å². The summed E-state index contributed by atoms with van der Waals surface area (Å²) in [7, 11) is -2.08. The maximum atomic E-state index is 10.9. The molecule has 0 bridgehead atoms. The predicted molar refractivity (Wildman–Crippen MR) is 46.2 cm³/mol. The lowest BCUT2D eigenvalue weighted by atomic mass is 10.2. The van der Waals surface area contributed by atoms with Gasteiger partial charge in [0.15, 0.2) is 0 Å². The smallest absolute Gasteiger partial charge is 0.324 e. The van der Waals surface area contributed by atoms with Gasteiger partial charge in [-0.15, -0.1) is 0 Å². The van der Waals surface area contributed by atoms with Crippen LogP contribution in [0, 0.1) is 0 Å². The Hall–Kier alpha value is -0.180. The molecule has 0 saturated heterocycles. The van der Waals surface area contributed by atoms with E-state index >= 15 is 0 Å². The van der Waals surface area contributed by atoms with Crippen molar-refractivity contribution in [3.8, 4) is 0 Å². The molecule has 0 saturated carbocycles. The summed E-state index contributed by atoms with van der Waals surface area (Å²) >= 11 is 0. The number of rotatable bonds is 7. The molecule has 12 heavy (non-hydrogen) atoms. The number of carbonyl (C=O) groups excluding carboxylic acids is 1. The second-order valence-electron chi connectivity index (χ2n) is 2.56. The van der Waals surface area contributed by atoms with Gasteiger partial charge in [0, 0.05) is 19.7 Å². The summed E-state index contributed by atoms with van der Waals surface area (Å²) in [4.78, 5) is 18.8. The van der Waals surface area contributed by atoms with E-state index in [1.54, 1.807) is 0 Å². The van der Waals surface area contributed by atoms with Crippen LogP contribution in [-0.4, -0.2) is 24.5 Å². The summed E-state index contributed by atoms with van der Waals surface area (Å²) in [6.45, 7) is 0. The van der Waals surface area contributed by atoms with Crippen LogP contribution in [0.3, 0.4) is 0 Å². The minimum atomic E-state index is -3.31. The molecule has 5 heteroatoms. The van der Waals surface area contributed by atoms with Gasteiger partial charge in [-0.1, -0.05) is 6.42 Å². The lowest BCUT2D eigenvalue weighted by Crippen LogP contribution is -1.91. The molecule has 0 heterocycles. The Morgan fingerprint density at radius 3 is 2.58 bits per heavy atom. The molecule has 0 radical (unpaired) electrons. The Kier molecular flexibility index (Phi) is 6.25. The Balaban J connectivity index is 3.31. The van der Waals surface area contributed by atoms with Crippen molar-refractivity contribution in [2.24, 2.45) is 0 Å². The van der Waals surface area contributed by atoms with Gasteiger partial charge in [0.05, 0.1) is 0 Å². The summed E-state index contributed by atoms with van der Waals surface area (Å²) in [6.07, 6.45) is 3.79. The Labute approximate surface area is 72.5 Å². The first-order valence-corrected chi connectivity index (χ1v) is 5.70. The van der Waals surface area contributed by atoms with Gasteiger partial charge in [-0.25, -0.2) is 0 Å². The van der Waals surface area contributed by atoms with Crippen LogP contribution in [0.2, 0.25) is 0 Å². The second kappa shape index (κ2) is 6.35. The van der Waals surface area contributed by atoms with E-state index in [-0.39, 0.29) is 6.16 Å². The van der Waals surface area contributed by atoms with Crippen molar-refractivity contribution in [3.05, 3.63) is 0 Å². The molecule has 0 spiro atoms. The van der Waals surface area contributed by atoms with Gasteiger partial charge in [0.1, 0.15) is 6.29 Å². The predicted octanol–water partition coefficient (Wildman–Crippen LogP) is 1.58. The van der Waals surface area contributed by atoms with Gasteiger partial charge in [-0.05, 0) is 12.8 Å². The molecule has 0 aromatic rings. The highest BCUT2D eigenvalue weighted by Gasteiger charge is 2.15. The number of unbranched alkanes of at least 4 members (excludes halogenated alkanes) is 3. The third-order valence-corrected chi connectivity index (χ3v) is 3.00. The van der Waals surface area contributed by atoms with Gasteiger partial charge in [-0.2, -0.15) is 0 Å². The zero-order valence-electron chi connectivity index (χ0n) is 7.23. The number of hydrogen-bond acceptors (Lipinski definition) is 3. The topological polar surface area (TPSA) is 63.6 Å². The van der Waals surface area contributed by atoms with Crippen molar-refractivity contribution in [2.75, 3.05) is 13.3 Å². The molecule has 0 aliphatic heterocycles. The fraction of sp³-hybridized carbons (Fsp3) is 0.857. The minimum absolute atomic E-state index is 0.183.